The van der Waals surface area contributed by atoms with Crippen LogP contribution in [0.2, 0.25) is 0 Å². The van der Waals surface area contributed by atoms with E-state index in [-0.39, 0.29) is 49.6 Å². The molecule has 0 aliphatic heterocycles. The van der Waals surface area contributed by atoms with Gasteiger partial charge in [0.1, 0.15) is 0 Å². The second kappa shape index (κ2) is 23.1. The van der Waals surface area contributed by atoms with Gasteiger partial charge in [0, 0.05) is 39.3 Å². The fourth-order valence-electron chi connectivity index (χ4n) is 3.36. The second-order valence-corrected chi connectivity index (χ2v) is 8.19. The first-order valence-electron chi connectivity index (χ1n) is 12.5. The van der Waals surface area contributed by atoms with E-state index in [1.165, 1.54) is 28.4 Å². The van der Waals surface area contributed by atoms with E-state index < -0.39 is 0 Å². The number of carbonyl (C=O) groups excluding carboxylic acids is 4. The molecule has 0 heterocycles. The summed E-state index contributed by atoms with van der Waals surface area (Å²) in [5.41, 5.74) is 0. The van der Waals surface area contributed by atoms with Gasteiger partial charge < -0.3 is 39.4 Å². The van der Waals surface area contributed by atoms with Crippen molar-refractivity contribution in [1.82, 2.24) is 20.4 Å². The number of carbonyl (C=O) groups is 4. The minimum Gasteiger partial charge on any atom is -0.469 e. The van der Waals surface area contributed by atoms with Crippen molar-refractivity contribution >= 4 is 23.9 Å². The van der Waals surface area contributed by atoms with Gasteiger partial charge in [-0.1, -0.05) is 0 Å². The van der Waals surface area contributed by atoms with Crippen molar-refractivity contribution in [1.29, 1.82) is 0 Å². The van der Waals surface area contributed by atoms with Crippen LogP contribution in [0.1, 0.15) is 38.5 Å². The quantitative estimate of drug-likeness (QED) is 0.105. The molecule has 0 unspecified atom stereocenters. The summed E-state index contributed by atoms with van der Waals surface area (Å²) in [5.74, 6) is -1.07. The molecular weight excluding hydrogens is 472 g/mol. The topological polar surface area (TPSA) is 136 Å². The Morgan fingerprint density at radius 1 is 0.472 bits per heavy atom. The molecule has 0 radical (unpaired) electrons. The van der Waals surface area contributed by atoms with Crippen molar-refractivity contribution in [3.05, 3.63) is 0 Å². The van der Waals surface area contributed by atoms with Gasteiger partial charge in [-0.05, 0) is 39.0 Å². The number of ether oxygens (including phenoxy) is 4. The van der Waals surface area contributed by atoms with E-state index in [4.69, 9.17) is 18.9 Å². The lowest BCUT2D eigenvalue weighted by atomic mass is 10.3. The Hall–Kier alpha value is -2.28. The average molecular weight is 519 g/mol. The van der Waals surface area contributed by atoms with Gasteiger partial charge in [-0.15, -0.1) is 0 Å². The van der Waals surface area contributed by atoms with Crippen LogP contribution in [0.5, 0.6) is 0 Å². The van der Waals surface area contributed by atoms with E-state index in [0.717, 1.165) is 52.1 Å². The molecule has 0 aliphatic carbocycles. The third kappa shape index (κ3) is 20.0. The Morgan fingerprint density at radius 3 is 1.00 bits per heavy atom. The third-order valence-electron chi connectivity index (χ3n) is 5.57. The number of hydrogen-bond donors (Lipinski definition) is 2. The molecule has 0 aromatic carbocycles. The maximum atomic E-state index is 11.4. The third-order valence-corrected chi connectivity index (χ3v) is 5.57. The minimum absolute atomic E-state index is 0.266. The Morgan fingerprint density at radius 2 is 0.750 bits per heavy atom. The predicted octanol–water partition coefficient (Wildman–Crippen LogP) is -0.198. The average Bonchev–Trinajstić information content (AvgIpc) is 2.90. The van der Waals surface area contributed by atoms with Gasteiger partial charge >= 0.3 is 23.9 Å². The fraction of sp³-hybridized carbons (Fsp3) is 0.833. The summed E-state index contributed by atoms with van der Waals surface area (Å²) in [7, 11) is 5.47. The molecular formula is C24H46N4O8. The maximum Gasteiger partial charge on any atom is 0.306 e. The highest BCUT2D eigenvalue weighted by Gasteiger charge is 2.12. The SMILES string of the molecule is COC(=O)CCN(CCCNCCNCCCN(CCC(=O)OC)CCC(=O)OC)CCC(=O)OC. The Kier molecular flexibility index (Phi) is 21.7. The van der Waals surface area contributed by atoms with Crippen LogP contribution >= 0.6 is 0 Å². The number of nitrogens with one attached hydrogen (secondary N) is 2. The van der Waals surface area contributed by atoms with E-state index in [0.29, 0.717) is 26.2 Å². The molecule has 36 heavy (non-hydrogen) atoms. The Bertz CT molecular complexity index is 529. The van der Waals surface area contributed by atoms with Gasteiger partial charge in [0.15, 0.2) is 0 Å². The van der Waals surface area contributed by atoms with E-state index in [2.05, 4.69) is 20.4 Å². The van der Waals surface area contributed by atoms with Crippen LogP contribution < -0.4 is 10.6 Å². The predicted molar refractivity (Wildman–Crippen MR) is 134 cm³/mol. The minimum atomic E-state index is -0.266. The van der Waals surface area contributed by atoms with Crippen LogP contribution in [0, 0.1) is 0 Å². The number of methoxy groups -OCH3 is 4. The van der Waals surface area contributed by atoms with Crippen molar-refractivity contribution in [3.63, 3.8) is 0 Å². The highest BCUT2D eigenvalue weighted by molar-refractivity contribution is 5.70. The molecule has 0 aliphatic rings. The molecule has 2 N–H and O–H groups in total. The Balaban J connectivity index is 4.02. The molecule has 0 saturated heterocycles. The normalized spacial score (nSPS) is 10.9. The van der Waals surface area contributed by atoms with E-state index in [9.17, 15) is 19.2 Å². The van der Waals surface area contributed by atoms with E-state index >= 15 is 0 Å². The zero-order chi connectivity index (χ0) is 27.0. The van der Waals surface area contributed by atoms with Crippen molar-refractivity contribution in [2.45, 2.75) is 38.5 Å². The molecule has 12 heteroatoms. The lowest BCUT2D eigenvalue weighted by Gasteiger charge is -2.21. The summed E-state index contributed by atoms with van der Waals surface area (Å²) < 4.78 is 18.8. The smallest absolute Gasteiger partial charge is 0.306 e. The lowest BCUT2D eigenvalue weighted by Crippen LogP contribution is -2.34. The highest BCUT2D eigenvalue weighted by atomic mass is 16.5. The summed E-state index contributed by atoms with van der Waals surface area (Å²) >= 11 is 0. The monoisotopic (exact) mass is 518 g/mol. The van der Waals surface area contributed by atoms with Gasteiger partial charge in [-0.3, -0.25) is 19.2 Å². The lowest BCUT2D eigenvalue weighted by molar-refractivity contribution is -0.142. The van der Waals surface area contributed by atoms with Crippen LogP contribution in [0.3, 0.4) is 0 Å². The summed E-state index contributed by atoms with van der Waals surface area (Å²) in [6, 6.07) is 0. The van der Waals surface area contributed by atoms with Crippen molar-refractivity contribution in [2.75, 3.05) is 93.9 Å². The second-order valence-electron chi connectivity index (χ2n) is 8.19. The molecule has 0 atom stereocenters. The molecule has 0 aromatic heterocycles. The molecule has 0 amide bonds. The molecule has 0 aromatic rings. The fourth-order valence-corrected chi connectivity index (χ4v) is 3.36. The van der Waals surface area contributed by atoms with Gasteiger partial charge in [-0.25, -0.2) is 0 Å². The van der Waals surface area contributed by atoms with Crippen LogP contribution in [-0.4, -0.2) is 128 Å². The first-order valence-corrected chi connectivity index (χ1v) is 12.5. The van der Waals surface area contributed by atoms with Crippen molar-refractivity contribution < 1.29 is 38.1 Å². The summed E-state index contributed by atoms with van der Waals surface area (Å²) in [6.45, 7) is 6.99. The molecule has 0 fully saturated rings. The van der Waals surface area contributed by atoms with Crippen LogP contribution in [0.15, 0.2) is 0 Å². The molecule has 12 nitrogen and oxygen atoms in total. The number of nitrogens with zero attached hydrogens (tertiary/aromatic N) is 2. The zero-order valence-electron chi connectivity index (χ0n) is 22.5. The molecule has 0 rings (SSSR count). The molecule has 0 saturated carbocycles. The zero-order valence-corrected chi connectivity index (χ0v) is 22.5. The number of rotatable bonds is 23. The number of esters is 4. The van der Waals surface area contributed by atoms with Crippen LogP contribution in [-0.2, 0) is 38.1 Å². The first-order chi connectivity index (χ1) is 17.4. The summed E-state index contributed by atoms with van der Waals surface area (Å²) in [6.07, 6.45) is 2.93. The molecule has 210 valence electrons. The molecule has 0 bridgehead atoms. The van der Waals surface area contributed by atoms with Gasteiger partial charge in [0.2, 0.25) is 0 Å². The largest absolute Gasteiger partial charge is 0.469 e. The summed E-state index contributed by atoms with van der Waals surface area (Å²) in [4.78, 5) is 49.8. The maximum absolute atomic E-state index is 11.4. The van der Waals surface area contributed by atoms with Crippen LogP contribution in [0.4, 0.5) is 0 Å². The highest BCUT2D eigenvalue weighted by Crippen LogP contribution is 2.00. The Labute approximate surface area is 215 Å². The first kappa shape index (κ1) is 33.7. The van der Waals surface area contributed by atoms with Gasteiger partial charge in [-0.2, -0.15) is 0 Å². The van der Waals surface area contributed by atoms with Crippen molar-refractivity contribution in [2.24, 2.45) is 0 Å². The standard InChI is InChI=1S/C24H46N4O8/c1-33-21(29)7-17-27(18-8-22(30)34-2)15-5-11-25-13-14-26-12-6-16-28(19-9-23(31)35-3)20-10-24(32)36-4/h25-26H,5-20H2,1-4H3. The van der Waals surface area contributed by atoms with E-state index in [1.54, 1.807) is 0 Å². The van der Waals surface area contributed by atoms with Crippen LogP contribution in [0.25, 0.3) is 0 Å². The summed E-state index contributed by atoms with van der Waals surface area (Å²) in [5, 5.41) is 6.77. The number of hydrogen-bond acceptors (Lipinski definition) is 12. The van der Waals surface area contributed by atoms with Gasteiger partial charge in [0.25, 0.3) is 0 Å². The van der Waals surface area contributed by atoms with E-state index in [1.807, 2.05) is 0 Å². The van der Waals surface area contributed by atoms with Crippen molar-refractivity contribution in [3.8, 4) is 0 Å². The van der Waals surface area contributed by atoms with Gasteiger partial charge in [0.05, 0.1) is 54.1 Å². The molecule has 0 spiro atoms.